The second kappa shape index (κ2) is 8.49. The highest BCUT2D eigenvalue weighted by molar-refractivity contribution is 6.38. The number of benzene rings is 1. The number of fused-ring (bicyclic) bond motifs is 4. The molecule has 0 saturated carbocycles. The molecule has 2 fully saturated rings. The number of nitrogens with zero attached hydrogens (tertiary/aromatic N) is 5. The van der Waals surface area contributed by atoms with Crippen LogP contribution in [-0.2, 0) is 13.8 Å². The number of carbonyl (C=O) groups is 1. The van der Waals surface area contributed by atoms with Crippen LogP contribution in [0, 0.1) is 0 Å². The Morgan fingerprint density at radius 2 is 1.92 bits per heavy atom. The van der Waals surface area contributed by atoms with Gasteiger partial charge < -0.3 is 29.6 Å². The lowest BCUT2D eigenvalue weighted by Gasteiger charge is -2.39. The van der Waals surface area contributed by atoms with E-state index in [9.17, 15) is 14.7 Å². The molecule has 6 rings (SSSR count). The molecular formula is C25H25ClN6O4. The average molecular weight is 509 g/mol. The number of pyridine rings is 1. The number of hydrogen-bond donors (Lipinski definition) is 3. The molecule has 2 aliphatic heterocycles. The highest BCUT2D eigenvalue weighted by atomic mass is 35.5. The number of aryl methyl sites for hydroxylation is 1. The van der Waals surface area contributed by atoms with Crippen molar-refractivity contribution in [2.24, 2.45) is 7.05 Å². The lowest BCUT2D eigenvalue weighted by Crippen LogP contribution is -2.50. The van der Waals surface area contributed by atoms with Gasteiger partial charge in [0.2, 0.25) is 0 Å². The first-order valence-electron chi connectivity index (χ1n) is 11.9. The summed E-state index contributed by atoms with van der Waals surface area (Å²) in [6.07, 6.45) is 7.61. The molecule has 0 radical (unpaired) electrons. The van der Waals surface area contributed by atoms with Crippen LogP contribution in [0.25, 0.3) is 33.1 Å². The van der Waals surface area contributed by atoms with Crippen LogP contribution in [0.15, 0.2) is 41.6 Å². The molecule has 3 N–H and O–H groups in total. The van der Waals surface area contributed by atoms with E-state index in [4.69, 9.17) is 26.7 Å². The van der Waals surface area contributed by atoms with E-state index in [1.807, 2.05) is 6.07 Å². The van der Waals surface area contributed by atoms with Gasteiger partial charge in [-0.25, -0.2) is 14.8 Å². The lowest BCUT2D eigenvalue weighted by atomic mass is 9.97. The number of anilines is 1. The van der Waals surface area contributed by atoms with Crippen LogP contribution in [0.4, 0.5) is 10.6 Å². The number of nitrogens with one attached hydrogen (secondary N) is 1. The fourth-order valence-electron chi connectivity index (χ4n) is 5.91. The molecule has 10 nitrogen and oxygen atoms in total. The van der Waals surface area contributed by atoms with E-state index in [0.717, 1.165) is 37.1 Å². The van der Waals surface area contributed by atoms with Crippen molar-refractivity contribution in [1.29, 1.82) is 0 Å². The van der Waals surface area contributed by atoms with Gasteiger partial charge in [0, 0.05) is 59.5 Å². The minimum absolute atomic E-state index is 0.0623. The summed E-state index contributed by atoms with van der Waals surface area (Å²) >= 11 is 6.78. The predicted molar refractivity (Wildman–Crippen MR) is 136 cm³/mol. The molecule has 11 heteroatoms. The monoisotopic (exact) mass is 508 g/mol. The summed E-state index contributed by atoms with van der Waals surface area (Å²) in [4.78, 5) is 35.5. The van der Waals surface area contributed by atoms with E-state index in [2.05, 4.69) is 10.2 Å². The number of halogens is 1. The summed E-state index contributed by atoms with van der Waals surface area (Å²) in [5, 5.41) is 23.5. The molecule has 1 amide bonds. The highest BCUT2D eigenvalue weighted by Crippen LogP contribution is 2.41. The number of aliphatic hydroxyl groups excluding tert-OH is 1. The maximum absolute atomic E-state index is 12.5. The van der Waals surface area contributed by atoms with Crippen LogP contribution < -0.4 is 15.8 Å². The first kappa shape index (κ1) is 22.8. The Balaban J connectivity index is 1.41. The molecule has 2 bridgehead atoms. The zero-order valence-corrected chi connectivity index (χ0v) is 20.3. The van der Waals surface area contributed by atoms with E-state index in [-0.39, 0.29) is 30.4 Å². The number of hydrogen-bond acceptors (Lipinski definition) is 6. The number of aliphatic hydroxyl groups is 1. The van der Waals surface area contributed by atoms with E-state index < -0.39 is 6.09 Å². The molecule has 2 aliphatic rings. The second-order valence-corrected chi connectivity index (χ2v) is 9.96. The largest absolute Gasteiger partial charge is 0.465 e. The summed E-state index contributed by atoms with van der Waals surface area (Å²) in [5.74, 6) is 0.719. The molecule has 4 aromatic rings. The molecule has 2 saturated heterocycles. The Morgan fingerprint density at radius 3 is 2.61 bits per heavy atom. The minimum Gasteiger partial charge on any atom is -0.465 e. The molecule has 186 valence electrons. The Bertz CT molecular complexity index is 1570. The summed E-state index contributed by atoms with van der Waals surface area (Å²) in [6, 6.07) is 5.68. The van der Waals surface area contributed by atoms with E-state index in [1.54, 1.807) is 42.3 Å². The van der Waals surface area contributed by atoms with Gasteiger partial charge in [0.15, 0.2) is 5.65 Å². The summed E-state index contributed by atoms with van der Waals surface area (Å²) in [5.41, 5.74) is 2.44. The number of carboxylic acid groups (broad SMARTS) is 1. The fraction of sp³-hybridized carbons (Fsp3) is 0.360. The van der Waals surface area contributed by atoms with Crippen molar-refractivity contribution in [2.45, 2.75) is 50.5 Å². The zero-order valence-electron chi connectivity index (χ0n) is 19.6. The Morgan fingerprint density at radius 1 is 1.17 bits per heavy atom. The van der Waals surface area contributed by atoms with Crippen molar-refractivity contribution in [3.05, 3.63) is 52.2 Å². The quantitative estimate of drug-likeness (QED) is 0.386. The topological polar surface area (TPSA) is 126 Å². The number of aromatic nitrogens is 4. The standard InChI is InChI=1S/C25H25ClN6O4/c1-30-7-6-17-18(24(30)34)5-4-16(21(17)26)19-11-31(12-33)23-22(19)27-10-20(29-23)32-14-2-3-15(32)9-13(8-14)28-25(35)36/h4-7,10-11,13-15,28,33H,2-3,8-9,12H2,1H3,(H,35,36). The van der Waals surface area contributed by atoms with Crippen molar-refractivity contribution in [1.82, 2.24) is 24.4 Å². The normalized spacial score (nSPS) is 21.4. The second-order valence-electron chi connectivity index (χ2n) is 9.58. The van der Waals surface area contributed by atoms with Crippen LogP contribution in [0.3, 0.4) is 0 Å². The van der Waals surface area contributed by atoms with Gasteiger partial charge in [0.1, 0.15) is 18.1 Å². The highest BCUT2D eigenvalue weighted by Gasteiger charge is 2.42. The number of rotatable bonds is 4. The molecule has 36 heavy (non-hydrogen) atoms. The van der Waals surface area contributed by atoms with Crippen LogP contribution in [0.1, 0.15) is 25.7 Å². The van der Waals surface area contributed by atoms with E-state index in [0.29, 0.717) is 32.5 Å². The molecule has 0 spiro atoms. The van der Waals surface area contributed by atoms with Gasteiger partial charge in [-0.15, -0.1) is 0 Å². The van der Waals surface area contributed by atoms with Crippen molar-refractivity contribution >= 4 is 45.4 Å². The van der Waals surface area contributed by atoms with Crippen LogP contribution in [-0.4, -0.2) is 53.5 Å². The van der Waals surface area contributed by atoms with Crippen molar-refractivity contribution in [3.8, 4) is 11.1 Å². The SMILES string of the molecule is Cn1ccc2c(Cl)c(-c3cn(CO)c4nc(N5C6CCC5CC(NC(=O)O)C6)cnc34)ccc2c1=O. The van der Waals surface area contributed by atoms with Gasteiger partial charge in [-0.3, -0.25) is 4.79 Å². The number of piperidine rings is 1. The summed E-state index contributed by atoms with van der Waals surface area (Å²) < 4.78 is 3.14. The molecule has 2 atom stereocenters. The Labute approximate surface area is 210 Å². The van der Waals surface area contributed by atoms with Crippen LogP contribution >= 0.6 is 11.6 Å². The lowest BCUT2D eigenvalue weighted by molar-refractivity contribution is 0.185. The zero-order chi connectivity index (χ0) is 25.1. The average Bonchev–Trinajstić information content (AvgIpc) is 3.35. The van der Waals surface area contributed by atoms with Gasteiger partial charge in [-0.1, -0.05) is 17.7 Å². The van der Waals surface area contributed by atoms with Crippen molar-refractivity contribution < 1.29 is 15.0 Å². The maximum Gasteiger partial charge on any atom is 0.404 e. The van der Waals surface area contributed by atoms with Gasteiger partial charge in [-0.2, -0.15) is 0 Å². The first-order valence-corrected chi connectivity index (χ1v) is 12.3. The third-order valence-corrected chi connectivity index (χ3v) is 7.92. The summed E-state index contributed by atoms with van der Waals surface area (Å²) in [7, 11) is 1.70. The molecule has 1 aromatic carbocycles. The van der Waals surface area contributed by atoms with Gasteiger partial charge in [0.05, 0.1) is 11.2 Å². The first-order chi connectivity index (χ1) is 17.4. The molecule has 2 unspecified atom stereocenters. The van der Waals surface area contributed by atoms with Crippen molar-refractivity contribution in [3.63, 3.8) is 0 Å². The number of amides is 1. The van der Waals surface area contributed by atoms with Crippen molar-refractivity contribution in [2.75, 3.05) is 4.90 Å². The molecule has 0 aliphatic carbocycles. The maximum atomic E-state index is 12.5. The third kappa shape index (κ3) is 3.51. The summed E-state index contributed by atoms with van der Waals surface area (Å²) in [6.45, 7) is -0.280. The van der Waals surface area contributed by atoms with Crippen LogP contribution in [0.5, 0.6) is 0 Å². The van der Waals surface area contributed by atoms with E-state index >= 15 is 0 Å². The van der Waals surface area contributed by atoms with Gasteiger partial charge >= 0.3 is 6.09 Å². The Hall–Kier alpha value is -3.63. The predicted octanol–water partition coefficient (Wildman–Crippen LogP) is 3.32. The molecule has 3 aromatic heterocycles. The molecule has 5 heterocycles. The Kier molecular flexibility index (Phi) is 5.38. The van der Waals surface area contributed by atoms with Crippen LogP contribution in [0.2, 0.25) is 5.02 Å². The minimum atomic E-state index is -0.991. The van der Waals surface area contributed by atoms with E-state index in [1.165, 1.54) is 4.57 Å². The van der Waals surface area contributed by atoms with Gasteiger partial charge in [-0.05, 0) is 37.8 Å². The smallest absolute Gasteiger partial charge is 0.404 e. The third-order valence-electron chi connectivity index (χ3n) is 7.52. The molecular weight excluding hydrogens is 484 g/mol. The fourth-order valence-corrected chi connectivity index (χ4v) is 6.24. The van der Waals surface area contributed by atoms with Gasteiger partial charge in [0.25, 0.3) is 5.56 Å².